The third kappa shape index (κ3) is 3.66. The Morgan fingerprint density at radius 3 is 2.33 bits per heavy atom. The zero-order chi connectivity index (χ0) is 30.4. The first-order valence-electron chi connectivity index (χ1n) is 15.7. The maximum atomic E-state index is 6.44. The Morgan fingerprint density at radius 1 is 0.696 bits per heavy atom. The van der Waals surface area contributed by atoms with Crippen molar-refractivity contribution < 1.29 is 4.42 Å². The topological polar surface area (TPSA) is 43.9 Å². The Bertz CT molecular complexity index is 2740. The van der Waals surface area contributed by atoms with Crippen LogP contribution in [-0.2, 0) is 0 Å². The number of thiophene rings is 1. The summed E-state index contributed by atoms with van der Waals surface area (Å²) in [5.41, 5.74) is 8.09. The van der Waals surface area contributed by atoms with Crippen LogP contribution in [0.25, 0.3) is 86.8 Å². The zero-order valence-electron chi connectivity index (χ0n) is 25.1. The number of benzene rings is 5. The van der Waals surface area contributed by atoms with E-state index in [1.54, 1.807) is 0 Å². The molecule has 4 nitrogen and oxygen atoms in total. The molecule has 0 amide bonds. The Labute approximate surface area is 268 Å². The van der Waals surface area contributed by atoms with Crippen molar-refractivity contribution in [1.82, 2.24) is 14.5 Å². The van der Waals surface area contributed by atoms with Crippen LogP contribution in [0.3, 0.4) is 0 Å². The van der Waals surface area contributed by atoms with Gasteiger partial charge in [-0.1, -0.05) is 110 Å². The van der Waals surface area contributed by atoms with Gasteiger partial charge in [-0.05, 0) is 47.7 Å². The molecular weight excluding hydrogens is 583 g/mol. The second-order valence-electron chi connectivity index (χ2n) is 12.2. The lowest BCUT2D eigenvalue weighted by molar-refractivity contribution is 0.651. The fraction of sp³-hybridized carbons (Fsp3) is 0.0732. The van der Waals surface area contributed by atoms with E-state index in [1.165, 1.54) is 42.1 Å². The third-order valence-corrected chi connectivity index (χ3v) is 10.7. The molecule has 0 saturated heterocycles. The third-order valence-electron chi connectivity index (χ3n) is 9.53. The van der Waals surface area contributed by atoms with E-state index >= 15 is 0 Å². The molecule has 218 valence electrons. The summed E-state index contributed by atoms with van der Waals surface area (Å²) in [5.74, 6) is 1.10. The maximum Gasteiger partial charge on any atom is 0.238 e. The van der Waals surface area contributed by atoms with Gasteiger partial charge in [-0.15, -0.1) is 11.3 Å². The lowest BCUT2D eigenvalue weighted by Gasteiger charge is -2.17. The summed E-state index contributed by atoms with van der Waals surface area (Å²) >= 11 is 1.85. The van der Waals surface area contributed by atoms with Crippen molar-refractivity contribution in [1.29, 1.82) is 0 Å². The molecule has 0 fully saturated rings. The van der Waals surface area contributed by atoms with E-state index in [1.807, 2.05) is 29.5 Å². The SMILES string of the molecule is CC1CC=CC=C1c1ccc(-c2nc(-n3c4ccccc4c4c5sc6ccccc6c5ccc43)nc3oc4ccccc4c23)cc1. The van der Waals surface area contributed by atoms with Crippen molar-refractivity contribution >= 4 is 81.0 Å². The average Bonchev–Trinajstić information content (AvgIpc) is 3.77. The maximum absolute atomic E-state index is 6.44. The molecule has 0 saturated carbocycles. The van der Waals surface area contributed by atoms with Gasteiger partial charge in [-0.3, -0.25) is 4.57 Å². The van der Waals surface area contributed by atoms with Gasteiger partial charge < -0.3 is 4.42 Å². The molecule has 0 N–H and O–H groups in total. The molecular formula is C41H27N3OS. The highest BCUT2D eigenvalue weighted by atomic mass is 32.1. The summed E-state index contributed by atoms with van der Waals surface area (Å²) in [6, 6.07) is 38.7. The minimum Gasteiger partial charge on any atom is -0.437 e. The summed E-state index contributed by atoms with van der Waals surface area (Å²) in [4.78, 5) is 10.5. The normalized spacial score (nSPS) is 15.2. The molecule has 1 aliphatic rings. The molecule has 4 heterocycles. The van der Waals surface area contributed by atoms with E-state index in [4.69, 9.17) is 14.4 Å². The molecule has 9 aromatic rings. The molecule has 5 aromatic carbocycles. The minimum absolute atomic E-state index is 0.494. The largest absolute Gasteiger partial charge is 0.437 e. The fourth-order valence-corrected chi connectivity index (χ4v) is 8.58. The number of hydrogen-bond donors (Lipinski definition) is 0. The molecule has 10 rings (SSSR count). The van der Waals surface area contributed by atoms with Crippen molar-refractivity contribution in [3.05, 3.63) is 133 Å². The fourth-order valence-electron chi connectivity index (χ4n) is 7.32. The number of allylic oxidation sites excluding steroid dienone is 4. The van der Waals surface area contributed by atoms with Gasteiger partial charge in [0.2, 0.25) is 11.7 Å². The van der Waals surface area contributed by atoms with Crippen LogP contribution >= 0.6 is 11.3 Å². The Kier molecular flexibility index (Phi) is 5.46. The Balaban J connectivity index is 1.26. The number of nitrogens with zero attached hydrogens (tertiary/aromatic N) is 3. The zero-order valence-corrected chi connectivity index (χ0v) is 25.9. The highest BCUT2D eigenvalue weighted by Gasteiger charge is 2.23. The Hall–Kier alpha value is -5.52. The second kappa shape index (κ2) is 9.74. The van der Waals surface area contributed by atoms with Crippen LogP contribution in [0.4, 0.5) is 0 Å². The molecule has 0 aliphatic heterocycles. The molecule has 4 aromatic heterocycles. The van der Waals surface area contributed by atoms with Crippen LogP contribution in [0.1, 0.15) is 18.9 Å². The molecule has 1 unspecified atom stereocenters. The first kappa shape index (κ1) is 25.8. The molecule has 5 heteroatoms. The predicted molar refractivity (Wildman–Crippen MR) is 193 cm³/mol. The van der Waals surface area contributed by atoms with E-state index in [0.29, 0.717) is 17.6 Å². The second-order valence-corrected chi connectivity index (χ2v) is 13.3. The van der Waals surface area contributed by atoms with Gasteiger partial charge >= 0.3 is 0 Å². The van der Waals surface area contributed by atoms with Gasteiger partial charge in [-0.25, -0.2) is 4.98 Å². The van der Waals surface area contributed by atoms with E-state index in [2.05, 4.69) is 121 Å². The van der Waals surface area contributed by atoms with E-state index in [-0.39, 0.29) is 0 Å². The molecule has 0 spiro atoms. The average molecular weight is 610 g/mol. The van der Waals surface area contributed by atoms with Gasteiger partial charge in [0.05, 0.1) is 22.1 Å². The van der Waals surface area contributed by atoms with Gasteiger partial charge in [0.1, 0.15) is 5.58 Å². The molecule has 1 atom stereocenters. The lowest BCUT2D eigenvalue weighted by atomic mass is 9.87. The lowest BCUT2D eigenvalue weighted by Crippen LogP contribution is -2.03. The summed E-state index contributed by atoms with van der Waals surface area (Å²) in [6.07, 6.45) is 7.71. The highest BCUT2D eigenvalue weighted by Crippen LogP contribution is 2.44. The quantitative estimate of drug-likeness (QED) is 0.200. The van der Waals surface area contributed by atoms with Gasteiger partial charge in [0.25, 0.3) is 0 Å². The summed E-state index contributed by atoms with van der Waals surface area (Å²) < 4.78 is 11.2. The smallest absolute Gasteiger partial charge is 0.238 e. The number of aromatic nitrogens is 3. The van der Waals surface area contributed by atoms with Crippen molar-refractivity contribution in [3.63, 3.8) is 0 Å². The van der Waals surface area contributed by atoms with Crippen LogP contribution in [0.5, 0.6) is 0 Å². The summed E-state index contributed by atoms with van der Waals surface area (Å²) in [7, 11) is 0. The van der Waals surface area contributed by atoms with Crippen LogP contribution in [0.2, 0.25) is 0 Å². The van der Waals surface area contributed by atoms with Crippen molar-refractivity contribution in [2.75, 3.05) is 0 Å². The molecule has 46 heavy (non-hydrogen) atoms. The van der Waals surface area contributed by atoms with Crippen LogP contribution in [0, 0.1) is 5.92 Å². The van der Waals surface area contributed by atoms with Crippen molar-refractivity contribution in [2.24, 2.45) is 5.92 Å². The van der Waals surface area contributed by atoms with Crippen molar-refractivity contribution in [3.8, 4) is 17.2 Å². The summed E-state index contributed by atoms with van der Waals surface area (Å²) in [6.45, 7) is 2.29. The van der Waals surface area contributed by atoms with E-state index in [0.717, 1.165) is 45.1 Å². The van der Waals surface area contributed by atoms with E-state index < -0.39 is 0 Å². The van der Waals surface area contributed by atoms with Gasteiger partial charge in [-0.2, -0.15) is 4.98 Å². The van der Waals surface area contributed by atoms with E-state index in [9.17, 15) is 0 Å². The van der Waals surface area contributed by atoms with Crippen LogP contribution < -0.4 is 0 Å². The van der Waals surface area contributed by atoms with Crippen molar-refractivity contribution in [2.45, 2.75) is 13.3 Å². The minimum atomic E-state index is 0.494. The first-order valence-corrected chi connectivity index (χ1v) is 16.6. The number of rotatable bonds is 3. The summed E-state index contributed by atoms with van der Waals surface area (Å²) in [5, 5.41) is 6.96. The first-order chi connectivity index (χ1) is 22.7. The standard InChI is InChI=1S/C41H27N3OS/c1-24-10-2-3-11-27(24)25-18-20-26(21-19-25)38-37-31-14-5-8-16-34(31)45-40(37)43-41(42-38)44-32-15-7-4-13-30(32)36-33(44)23-22-29-28-12-6-9-17-35(28)46-39(29)36/h2-9,11-24H,10H2,1H3. The molecule has 0 radical (unpaired) electrons. The van der Waals surface area contributed by atoms with Crippen LogP contribution in [-0.4, -0.2) is 14.5 Å². The molecule has 0 bridgehead atoms. The predicted octanol–water partition coefficient (Wildman–Crippen LogP) is 11.5. The number of furan rings is 1. The highest BCUT2D eigenvalue weighted by molar-refractivity contribution is 7.26. The number of fused-ring (bicyclic) bond motifs is 10. The number of hydrogen-bond acceptors (Lipinski definition) is 4. The van der Waals surface area contributed by atoms with Crippen LogP contribution in [0.15, 0.2) is 132 Å². The number of para-hydroxylation sites is 2. The monoisotopic (exact) mass is 609 g/mol. The molecule has 1 aliphatic carbocycles. The van der Waals surface area contributed by atoms with Gasteiger partial charge in [0.15, 0.2) is 0 Å². The van der Waals surface area contributed by atoms with Gasteiger partial charge in [0, 0.05) is 41.9 Å². The Morgan fingerprint density at radius 2 is 1.46 bits per heavy atom.